The predicted octanol–water partition coefficient (Wildman–Crippen LogP) is 6.24. The number of fused-ring (bicyclic) bond motifs is 1. The van der Waals surface area contributed by atoms with E-state index in [0.717, 1.165) is 5.56 Å². The molecule has 0 fully saturated rings. The van der Waals surface area contributed by atoms with Crippen molar-refractivity contribution >= 4 is 28.4 Å². The molecule has 0 saturated carbocycles. The van der Waals surface area contributed by atoms with E-state index in [1.807, 2.05) is 12.1 Å². The van der Waals surface area contributed by atoms with Crippen molar-refractivity contribution in [3.63, 3.8) is 0 Å². The van der Waals surface area contributed by atoms with Gasteiger partial charge in [-0.3, -0.25) is 4.79 Å². The summed E-state index contributed by atoms with van der Waals surface area (Å²) in [6.45, 7) is 4.32. The summed E-state index contributed by atoms with van der Waals surface area (Å²) in [5.41, 5.74) is 4.12. The highest BCUT2D eigenvalue weighted by molar-refractivity contribution is 8.02. The molecule has 1 N–H and O–H groups in total. The second-order valence-electron chi connectivity index (χ2n) is 7.91. The minimum Gasteiger partial charge on any atom is -0.320 e. The smallest absolute Gasteiger partial charge is 0.225 e. The van der Waals surface area contributed by atoms with Gasteiger partial charge in [-0.2, -0.15) is 5.26 Å². The summed E-state index contributed by atoms with van der Waals surface area (Å²) in [7, 11) is 0. The van der Waals surface area contributed by atoms with Crippen molar-refractivity contribution in [3.05, 3.63) is 94.0 Å². The highest BCUT2D eigenvalue weighted by Gasteiger charge is 2.29. The van der Waals surface area contributed by atoms with E-state index in [-0.39, 0.29) is 11.8 Å². The van der Waals surface area contributed by atoms with Crippen molar-refractivity contribution in [1.29, 1.82) is 5.26 Å². The molecule has 0 unspecified atom stereocenters. The van der Waals surface area contributed by atoms with Crippen LogP contribution in [-0.4, -0.2) is 5.91 Å². The molecule has 0 aromatic heterocycles. The van der Waals surface area contributed by atoms with E-state index in [0.29, 0.717) is 28.7 Å². The molecule has 1 aliphatic rings. The second kappa shape index (κ2) is 8.77. The van der Waals surface area contributed by atoms with Crippen LogP contribution in [0, 0.1) is 11.3 Å². The standard InChI is InChI=1S/C26H24N2OS/c1-17(2)18-10-12-20(13-11-18)23-14-25(29)28-26(24(23)15-27)30-16-21-8-5-7-19-6-3-4-9-22(19)21/h3-13,17,23H,14,16H2,1-2H3,(H,28,29)/t23-/m0/s1. The van der Waals surface area contributed by atoms with E-state index in [1.165, 1.54) is 33.7 Å². The third-order valence-electron chi connectivity index (χ3n) is 5.61. The van der Waals surface area contributed by atoms with Crippen LogP contribution in [0.2, 0.25) is 0 Å². The van der Waals surface area contributed by atoms with Crippen LogP contribution in [0.3, 0.4) is 0 Å². The number of nitrogens with zero attached hydrogens (tertiary/aromatic N) is 1. The minimum atomic E-state index is -0.194. The summed E-state index contributed by atoms with van der Waals surface area (Å²) in [6, 6.07) is 25.2. The van der Waals surface area contributed by atoms with E-state index >= 15 is 0 Å². The Bertz CT molecular complexity index is 1150. The zero-order valence-electron chi connectivity index (χ0n) is 17.2. The number of carbonyl (C=O) groups excluding carboxylic acids is 1. The van der Waals surface area contributed by atoms with Gasteiger partial charge < -0.3 is 5.32 Å². The van der Waals surface area contributed by atoms with Gasteiger partial charge in [0.15, 0.2) is 0 Å². The highest BCUT2D eigenvalue weighted by Crippen LogP contribution is 2.37. The molecule has 150 valence electrons. The monoisotopic (exact) mass is 412 g/mol. The zero-order chi connectivity index (χ0) is 21.1. The van der Waals surface area contributed by atoms with E-state index in [9.17, 15) is 10.1 Å². The van der Waals surface area contributed by atoms with Gasteiger partial charge in [-0.05, 0) is 33.4 Å². The van der Waals surface area contributed by atoms with Gasteiger partial charge in [0.1, 0.15) is 0 Å². The number of carbonyl (C=O) groups is 1. The average Bonchev–Trinajstić information content (AvgIpc) is 2.77. The lowest BCUT2D eigenvalue weighted by molar-refractivity contribution is -0.120. The van der Waals surface area contributed by atoms with Crippen LogP contribution in [0.4, 0.5) is 0 Å². The second-order valence-corrected chi connectivity index (χ2v) is 8.89. The molecule has 3 nitrogen and oxygen atoms in total. The normalized spacial score (nSPS) is 16.6. The number of nitrogens with one attached hydrogen (secondary N) is 1. The first-order valence-electron chi connectivity index (χ1n) is 10.2. The molecule has 0 bridgehead atoms. The van der Waals surface area contributed by atoms with Crippen molar-refractivity contribution in [1.82, 2.24) is 5.32 Å². The molecule has 1 aliphatic heterocycles. The largest absolute Gasteiger partial charge is 0.320 e. The highest BCUT2D eigenvalue weighted by atomic mass is 32.2. The molecule has 0 aliphatic carbocycles. The fraction of sp³-hybridized carbons (Fsp3) is 0.231. The molecule has 4 heteroatoms. The topological polar surface area (TPSA) is 52.9 Å². The Morgan fingerprint density at radius 2 is 1.80 bits per heavy atom. The summed E-state index contributed by atoms with van der Waals surface area (Å²) in [4.78, 5) is 12.4. The molecule has 3 aromatic carbocycles. The third kappa shape index (κ3) is 4.13. The summed E-state index contributed by atoms with van der Waals surface area (Å²) >= 11 is 1.53. The molecule has 1 heterocycles. The van der Waals surface area contributed by atoms with E-state index in [2.05, 4.69) is 79.8 Å². The Balaban J connectivity index is 1.63. The fourth-order valence-electron chi connectivity index (χ4n) is 3.90. The van der Waals surface area contributed by atoms with Crippen LogP contribution in [0.5, 0.6) is 0 Å². The van der Waals surface area contributed by atoms with E-state index in [1.54, 1.807) is 0 Å². The van der Waals surface area contributed by atoms with Crippen LogP contribution >= 0.6 is 11.8 Å². The molecule has 1 atom stereocenters. The first kappa shape index (κ1) is 20.3. The lowest BCUT2D eigenvalue weighted by atomic mass is 9.86. The maximum absolute atomic E-state index is 12.4. The number of hydrogen-bond acceptors (Lipinski definition) is 3. The molecular formula is C26H24N2OS. The van der Waals surface area contributed by atoms with Crippen molar-refractivity contribution in [2.45, 2.75) is 37.9 Å². The van der Waals surface area contributed by atoms with Crippen LogP contribution in [0.1, 0.15) is 48.8 Å². The van der Waals surface area contributed by atoms with Gasteiger partial charge in [0.25, 0.3) is 0 Å². The predicted molar refractivity (Wildman–Crippen MR) is 124 cm³/mol. The Morgan fingerprint density at radius 1 is 1.07 bits per heavy atom. The van der Waals surface area contributed by atoms with Gasteiger partial charge >= 0.3 is 0 Å². The van der Waals surface area contributed by atoms with E-state index in [4.69, 9.17) is 0 Å². The van der Waals surface area contributed by atoms with Crippen molar-refractivity contribution in [2.75, 3.05) is 0 Å². The van der Waals surface area contributed by atoms with E-state index < -0.39 is 0 Å². The summed E-state index contributed by atoms with van der Waals surface area (Å²) < 4.78 is 0. The Kier molecular flexibility index (Phi) is 5.92. The lowest BCUT2D eigenvalue weighted by Gasteiger charge is -2.25. The number of thioether (sulfide) groups is 1. The molecule has 30 heavy (non-hydrogen) atoms. The van der Waals surface area contributed by atoms with Crippen LogP contribution < -0.4 is 5.32 Å². The molecule has 1 amide bonds. The Labute approximate surface area is 181 Å². The first-order valence-corrected chi connectivity index (χ1v) is 11.2. The number of hydrogen-bond donors (Lipinski definition) is 1. The maximum atomic E-state index is 12.4. The number of nitriles is 1. The van der Waals surface area contributed by atoms with Crippen molar-refractivity contribution in [2.24, 2.45) is 0 Å². The third-order valence-corrected chi connectivity index (χ3v) is 6.68. The van der Waals surface area contributed by atoms with Crippen molar-refractivity contribution < 1.29 is 4.79 Å². The fourth-order valence-corrected chi connectivity index (χ4v) is 4.98. The molecule has 3 aromatic rings. The minimum absolute atomic E-state index is 0.0349. The van der Waals surface area contributed by atoms with Gasteiger partial charge in [0.2, 0.25) is 5.91 Å². The number of rotatable bonds is 5. The maximum Gasteiger partial charge on any atom is 0.225 e. The van der Waals surface area contributed by atoms with Gasteiger partial charge in [0, 0.05) is 18.1 Å². The molecular weight excluding hydrogens is 388 g/mol. The summed E-state index contributed by atoms with van der Waals surface area (Å²) in [5.74, 6) is 0.917. The summed E-state index contributed by atoms with van der Waals surface area (Å²) in [5, 5.41) is 15.9. The van der Waals surface area contributed by atoms with Gasteiger partial charge in [-0.1, -0.05) is 80.6 Å². The Hall–Kier alpha value is -3.03. The van der Waals surface area contributed by atoms with Crippen LogP contribution in [0.15, 0.2) is 77.3 Å². The number of amides is 1. The average molecular weight is 413 g/mol. The van der Waals surface area contributed by atoms with Gasteiger partial charge in [-0.25, -0.2) is 0 Å². The number of benzene rings is 3. The molecule has 0 saturated heterocycles. The molecule has 0 radical (unpaired) electrons. The van der Waals surface area contributed by atoms with Crippen LogP contribution in [-0.2, 0) is 10.5 Å². The van der Waals surface area contributed by atoms with Gasteiger partial charge in [0.05, 0.1) is 16.7 Å². The molecule has 4 rings (SSSR count). The Morgan fingerprint density at radius 3 is 2.53 bits per heavy atom. The zero-order valence-corrected chi connectivity index (χ0v) is 18.0. The number of allylic oxidation sites excluding steroid dienone is 1. The van der Waals surface area contributed by atoms with Gasteiger partial charge in [-0.15, -0.1) is 11.8 Å². The quantitative estimate of drug-likeness (QED) is 0.540. The lowest BCUT2D eigenvalue weighted by Crippen LogP contribution is -2.30. The SMILES string of the molecule is CC(C)c1ccc([C@@H]2CC(=O)NC(SCc3cccc4ccccc34)=C2C#N)cc1. The summed E-state index contributed by atoms with van der Waals surface area (Å²) in [6.07, 6.45) is 0.308. The first-order chi connectivity index (χ1) is 14.6. The molecule has 0 spiro atoms. The van der Waals surface area contributed by atoms with Crippen molar-refractivity contribution in [3.8, 4) is 6.07 Å². The van der Waals surface area contributed by atoms with Crippen LogP contribution in [0.25, 0.3) is 10.8 Å².